The van der Waals surface area contributed by atoms with E-state index in [9.17, 15) is 0 Å². The van der Waals surface area contributed by atoms with Crippen molar-refractivity contribution in [2.45, 2.75) is 6.42 Å². The van der Waals surface area contributed by atoms with Crippen LogP contribution in [0.25, 0.3) is 0 Å². The first-order valence-electron chi connectivity index (χ1n) is 3.17. The summed E-state index contributed by atoms with van der Waals surface area (Å²) >= 11 is 0. The molecule has 0 unspecified atom stereocenters. The van der Waals surface area contributed by atoms with Crippen molar-refractivity contribution in [3.05, 3.63) is 11.8 Å². The highest BCUT2D eigenvalue weighted by Gasteiger charge is 2.15. The van der Waals surface area contributed by atoms with E-state index in [-0.39, 0.29) is 0 Å². The number of hydrogen-bond donors (Lipinski definition) is 1. The molecule has 0 aromatic carbocycles. The zero-order chi connectivity index (χ0) is 6.10. The Morgan fingerprint density at radius 1 is 1.67 bits per heavy atom. The smallest absolute Gasteiger partial charge is 0.124 e. The molecule has 0 bridgehead atoms. The Balaban J connectivity index is 2.23. The van der Waals surface area contributed by atoms with E-state index in [1.165, 1.54) is 5.70 Å². The zero-order valence-electron chi connectivity index (χ0n) is 5.17. The van der Waals surface area contributed by atoms with E-state index in [0.717, 1.165) is 19.6 Å². The number of allylic oxidation sites excluding steroid dienone is 1. The second-order valence-corrected chi connectivity index (χ2v) is 2.22. The third-order valence-electron chi connectivity index (χ3n) is 1.63. The highest BCUT2D eigenvalue weighted by atomic mass is 15.6. The molecule has 2 rings (SSSR count). The van der Waals surface area contributed by atoms with Crippen LogP contribution in [0.1, 0.15) is 6.42 Å². The molecular formula is C6H9N3. The lowest BCUT2D eigenvalue weighted by Gasteiger charge is -2.18. The number of hydrogen-bond acceptors (Lipinski definition) is 3. The molecule has 3 nitrogen and oxygen atoms in total. The molecule has 3 heteroatoms. The average molecular weight is 123 g/mol. The van der Waals surface area contributed by atoms with E-state index in [0.29, 0.717) is 0 Å². The molecule has 0 aromatic heterocycles. The van der Waals surface area contributed by atoms with Gasteiger partial charge in [0.1, 0.15) is 6.67 Å². The second kappa shape index (κ2) is 1.84. The van der Waals surface area contributed by atoms with Gasteiger partial charge in [0, 0.05) is 24.9 Å². The van der Waals surface area contributed by atoms with Crippen molar-refractivity contribution in [2.24, 2.45) is 4.99 Å². The Bertz CT molecular complexity index is 171. The standard InChI is InChI=1S/C6H9N3/c1-3-7-5-9-6(1)2-4-8-9/h1,3,8H,2,4-5H2. The highest BCUT2D eigenvalue weighted by molar-refractivity contribution is 5.72. The number of hydrazine groups is 1. The number of rotatable bonds is 0. The molecule has 2 heterocycles. The van der Waals surface area contributed by atoms with Gasteiger partial charge in [-0.05, 0) is 6.08 Å². The molecule has 0 aliphatic carbocycles. The minimum Gasteiger partial charge on any atom is -0.291 e. The van der Waals surface area contributed by atoms with Gasteiger partial charge >= 0.3 is 0 Å². The third kappa shape index (κ3) is 0.733. The van der Waals surface area contributed by atoms with Gasteiger partial charge in [-0.1, -0.05) is 0 Å². The first-order valence-corrected chi connectivity index (χ1v) is 3.17. The average Bonchev–Trinajstić information content (AvgIpc) is 2.33. The maximum Gasteiger partial charge on any atom is 0.124 e. The van der Waals surface area contributed by atoms with Crippen molar-refractivity contribution in [1.29, 1.82) is 0 Å². The van der Waals surface area contributed by atoms with Crippen LogP contribution in [0.5, 0.6) is 0 Å². The summed E-state index contributed by atoms with van der Waals surface area (Å²) in [5, 5.41) is 2.08. The fraction of sp³-hybridized carbons (Fsp3) is 0.500. The molecule has 9 heavy (non-hydrogen) atoms. The summed E-state index contributed by atoms with van der Waals surface area (Å²) < 4.78 is 0. The van der Waals surface area contributed by atoms with Gasteiger partial charge in [0.05, 0.1) is 0 Å². The van der Waals surface area contributed by atoms with Gasteiger partial charge in [0.15, 0.2) is 0 Å². The molecule has 0 radical (unpaired) electrons. The van der Waals surface area contributed by atoms with E-state index < -0.39 is 0 Å². The topological polar surface area (TPSA) is 27.6 Å². The van der Waals surface area contributed by atoms with Crippen LogP contribution in [0.2, 0.25) is 0 Å². The minimum atomic E-state index is 0.784. The molecule has 0 spiro atoms. The van der Waals surface area contributed by atoms with E-state index in [1.54, 1.807) is 0 Å². The van der Waals surface area contributed by atoms with E-state index in [1.807, 2.05) is 6.21 Å². The molecule has 2 aliphatic heterocycles. The normalized spacial score (nSPS) is 24.0. The van der Waals surface area contributed by atoms with Crippen LogP contribution in [0.4, 0.5) is 0 Å². The molecule has 0 amide bonds. The van der Waals surface area contributed by atoms with E-state index in [4.69, 9.17) is 0 Å². The van der Waals surface area contributed by atoms with Crippen molar-refractivity contribution < 1.29 is 0 Å². The van der Waals surface area contributed by atoms with Crippen LogP contribution >= 0.6 is 0 Å². The van der Waals surface area contributed by atoms with Gasteiger partial charge in [-0.25, -0.2) is 5.43 Å². The summed E-state index contributed by atoms with van der Waals surface area (Å²) in [6, 6.07) is 0. The molecule has 1 saturated heterocycles. The maximum absolute atomic E-state index is 4.08. The fourth-order valence-corrected chi connectivity index (χ4v) is 1.14. The molecule has 1 fully saturated rings. The Hall–Kier alpha value is -0.830. The molecular weight excluding hydrogens is 114 g/mol. The Morgan fingerprint density at radius 2 is 2.67 bits per heavy atom. The predicted octanol–water partition coefficient (Wildman–Crippen LogP) is 0.123. The van der Waals surface area contributed by atoms with E-state index >= 15 is 0 Å². The maximum atomic E-state index is 4.08. The monoisotopic (exact) mass is 123 g/mol. The Kier molecular flexibility index (Phi) is 1.02. The van der Waals surface area contributed by atoms with Gasteiger partial charge in [-0.3, -0.25) is 10.0 Å². The predicted molar refractivity (Wildman–Crippen MR) is 35.9 cm³/mol. The van der Waals surface area contributed by atoms with Gasteiger partial charge in [0.25, 0.3) is 0 Å². The lowest BCUT2D eigenvalue weighted by molar-refractivity contribution is 0.305. The number of nitrogens with one attached hydrogen (secondary N) is 1. The second-order valence-electron chi connectivity index (χ2n) is 2.22. The molecule has 0 atom stereocenters. The summed E-state index contributed by atoms with van der Waals surface area (Å²) in [4.78, 5) is 4.08. The quantitative estimate of drug-likeness (QED) is 0.495. The summed E-state index contributed by atoms with van der Waals surface area (Å²) in [5.74, 6) is 0. The minimum absolute atomic E-state index is 0.784. The van der Waals surface area contributed by atoms with Crippen LogP contribution in [0.3, 0.4) is 0 Å². The van der Waals surface area contributed by atoms with Gasteiger partial charge in [0.2, 0.25) is 0 Å². The fourth-order valence-electron chi connectivity index (χ4n) is 1.14. The van der Waals surface area contributed by atoms with Gasteiger partial charge in [-0.2, -0.15) is 0 Å². The zero-order valence-corrected chi connectivity index (χ0v) is 5.17. The molecule has 0 saturated carbocycles. The third-order valence-corrected chi connectivity index (χ3v) is 1.63. The van der Waals surface area contributed by atoms with Crippen LogP contribution in [-0.4, -0.2) is 24.4 Å². The number of fused-ring (bicyclic) bond motifs is 1. The summed E-state index contributed by atoms with van der Waals surface area (Å²) in [6.07, 6.45) is 5.08. The summed E-state index contributed by atoms with van der Waals surface area (Å²) in [6.45, 7) is 1.85. The van der Waals surface area contributed by atoms with Crippen LogP contribution < -0.4 is 5.43 Å². The first-order chi connectivity index (χ1) is 4.47. The SMILES string of the molecule is C1=NCN2NCCC2=C1. The summed E-state index contributed by atoms with van der Waals surface area (Å²) in [7, 11) is 0. The molecule has 48 valence electrons. The lowest BCUT2D eigenvalue weighted by Crippen LogP contribution is -2.31. The van der Waals surface area contributed by atoms with Crippen molar-refractivity contribution in [3.63, 3.8) is 0 Å². The van der Waals surface area contributed by atoms with Crippen molar-refractivity contribution in [3.8, 4) is 0 Å². The number of nitrogens with zero attached hydrogens (tertiary/aromatic N) is 2. The van der Waals surface area contributed by atoms with Gasteiger partial charge < -0.3 is 0 Å². The van der Waals surface area contributed by atoms with Crippen LogP contribution in [-0.2, 0) is 0 Å². The largest absolute Gasteiger partial charge is 0.291 e. The molecule has 2 aliphatic rings. The summed E-state index contributed by atoms with van der Waals surface area (Å²) in [5.41, 5.74) is 4.58. The van der Waals surface area contributed by atoms with Crippen molar-refractivity contribution in [1.82, 2.24) is 10.4 Å². The van der Waals surface area contributed by atoms with Crippen LogP contribution in [0, 0.1) is 0 Å². The Labute approximate surface area is 54.0 Å². The molecule has 0 aromatic rings. The van der Waals surface area contributed by atoms with Crippen molar-refractivity contribution in [2.75, 3.05) is 13.2 Å². The highest BCUT2D eigenvalue weighted by Crippen LogP contribution is 2.13. The van der Waals surface area contributed by atoms with Crippen LogP contribution in [0.15, 0.2) is 16.8 Å². The van der Waals surface area contributed by atoms with E-state index in [2.05, 4.69) is 21.5 Å². The van der Waals surface area contributed by atoms with Gasteiger partial charge in [-0.15, -0.1) is 0 Å². The lowest BCUT2D eigenvalue weighted by atomic mass is 10.3. The number of aliphatic imine (C=N–C) groups is 1. The first kappa shape index (κ1) is 4.99. The molecule has 1 N–H and O–H groups in total. The van der Waals surface area contributed by atoms with Crippen molar-refractivity contribution >= 4 is 6.21 Å². The Morgan fingerprint density at radius 3 is 3.56 bits per heavy atom.